The number of aliphatic carboxylic acids is 1. The summed E-state index contributed by atoms with van der Waals surface area (Å²) in [5, 5.41) is 17.9. The first-order valence-corrected chi connectivity index (χ1v) is 5.38. The molecule has 2 N–H and O–H groups in total. The van der Waals surface area contributed by atoms with Crippen LogP contribution in [-0.2, 0) is 11.2 Å². The van der Waals surface area contributed by atoms with Gasteiger partial charge in [0.2, 0.25) is 0 Å². The highest BCUT2D eigenvalue weighted by atomic mass is 16.5. The van der Waals surface area contributed by atoms with Gasteiger partial charge in [0.05, 0.1) is 0 Å². The lowest BCUT2D eigenvalue weighted by Crippen LogP contribution is -2.30. The Balaban J connectivity index is 0.000000606. The molecule has 1 heterocycles. The Morgan fingerprint density at radius 2 is 2.12 bits per heavy atom. The van der Waals surface area contributed by atoms with Crippen LogP contribution in [0.4, 0.5) is 0 Å². The van der Waals surface area contributed by atoms with Gasteiger partial charge in [-0.2, -0.15) is 0 Å². The highest BCUT2D eigenvalue weighted by Gasteiger charge is 2.25. The number of rotatable bonds is 1. The summed E-state index contributed by atoms with van der Waals surface area (Å²) in [6.07, 6.45) is 0.365. The second kappa shape index (κ2) is 5.39. The molecule has 2 rings (SSSR count). The van der Waals surface area contributed by atoms with Gasteiger partial charge in [-0.1, -0.05) is 19.9 Å². The zero-order valence-corrected chi connectivity index (χ0v) is 9.43. The van der Waals surface area contributed by atoms with Crippen molar-refractivity contribution < 1.29 is 19.7 Å². The highest BCUT2D eigenvalue weighted by Crippen LogP contribution is 2.30. The molecule has 88 valence electrons. The molecule has 4 nitrogen and oxygen atoms in total. The molecule has 0 aliphatic carbocycles. The molecule has 4 heteroatoms. The van der Waals surface area contributed by atoms with E-state index in [9.17, 15) is 9.90 Å². The van der Waals surface area contributed by atoms with Crippen molar-refractivity contribution in [2.75, 3.05) is 0 Å². The molecule has 0 amide bonds. The first-order chi connectivity index (χ1) is 7.66. The van der Waals surface area contributed by atoms with E-state index in [1.54, 1.807) is 12.1 Å². The van der Waals surface area contributed by atoms with Crippen molar-refractivity contribution in [3.05, 3.63) is 23.8 Å². The van der Waals surface area contributed by atoms with Crippen molar-refractivity contribution in [2.45, 2.75) is 32.8 Å². The summed E-state index contributed by atoms with van der Waals surface area (Å²) in [4.78, 5) is 10.7. The summed E-state index contributed by atoms with van der Waals surface area (Å²) >= 11 is 0. The van der Waals surface area contributed by atoms with Gasteiger partial charge in [0.25, 0.3) is 0 Å². The third-order valence-electron chi connectivity index (χ3n) is 2.27. The number of phenols is 1. The van der Waals surface area contributed by atoms with Crippen molar-refractivity contribution in [3.63, 3.8) is 0 Å². The Bertz CT molecular complexity index is 373. The van der Waals surface area contributed by atoms with Gasteiger partial charge < -0.3 is 14.9 Å². The Labute approximate surface area is 94.5 Å². The number of fused-ring (bicyclic) bond motifs is 1. The molecule has 0 spiro atoms. The van der Waals surface area contributed by atoms with Crippen molar-refractivity contribution in [1.82, 2.24) is 0 Å². The third-order valence-corrected chi connectivity index (χ3v) is 2.27. The smallest absolute Gasteiger partial charge is 0.344 e. The molecule has 1 aromatic carbocycles. The number of hydrogen-bond donors (Lipinski definition) is 2. The lowest BCUT2D eigenvalue weighted by molar-refractivity contribution is -0.145. The fourth-order valence-corrected chi connectivity index (χ4v) is 1.53. The van der Waals surface area contributed by atoms with E-state index in [4.69, 9.17) is 9.84 Å². The largest absolute Gasteiger partial charge is 0.508 e. The van der Waals surface area contributed by atoms with Crippen molar-refractivity contribution in [2.24, 2.45) is 0 Å². The first kappa shape index (κ1) is 12.4. The standard InChI is InChI=1S/C10H10O4.C2H6/c11-7-3-1-6-2-4-8(10(12)13)14-9(6)5-7;1-2/h1,3,5,8,11H,2,4H2,(H,12,13);1-2H3/t8-;/m0./s1. The summed E-state index contributed by atoms with van der Waals surface area (Å²) in [5.41, 5.74) is 0.945. The van der Waals surface area contributed by atoms with Gasteiger partial charge in [0.15, 0.2) is 6.10 Å². The van der Waals surface area contributed by atoms with Crippen LogP contribution in [0.3, 0.4) is 0 Å². The molecule has 0 radical (unpaired) electrons. The van der Waals surface area contributed by atoms with Crippen LogP contribution < -0.4 is 4.74 Å². The summed E-state index contributed by atoms with van der Waals surface area (Å²) in [5.74, 6) is -0.391. The van der Waals surface area contributed by atoms with Crippen LogP contribution >= 0.6 is 0 Å². The topological polar surface area (TPSA) is 66.8 Å². The van der Waals surface area contributed by atoms with E-state index in [-0.39, 0.29) is 5.75 Å². The van der Waals surface area contributed by atoms with Crippen LogP contribution in [-0.4, -0.2) is 22.3 Å². The van der Waals surface area contributed by atoms with Crippen LogP contribution in [0.25, 0.3) is 0 Å². The minimum Gasteiger partial charge on any atom is -0.508 e. The lowest BCUT2D eigenvalue weighted by atomic mass is 10.0. The van der Waals surface area contributed by atoms with Gasteiger partial charge in [-0.25, -0.2) is 4.79 Å². The van der Waals surface area contributed by atoms with E-state index in [1.165, 1.54) is 6.07 Å². The highest BCUT2D eigenvalue weighted by molar-refractivity contribution is 5.73. The van der Waals surface area contributed by atoms with E-state index >= 15 is 0 Å². The van der Waals surface area contributed by atoms with Crippen molar-refractivity contribution >= 4 is 5.97 Å². The molecule has 1 aliphatic heterocycles. The SMILES string of the molecule is CC.O=C(O)[C@@H]1CCc2ccc(O)cc2O1. The molecule has 0 aromatic heterocycles. The zero-order valence-electron chi connectivity index (χ0n) is 9.43. The first-order valence-electron chi connectivity index (χ1n) is 5.38. The number of aryl methyl sites for hydroxylation is 1. The summed E-state index contributed by atoms with van der Waals surface area (Å²) in [6.45, 7) is 4.00. The van der Waals surface area contributed by atoms with Crippen LogP contribution in [0.2, 0.25) is 0 Å². The van der Waals surface area contributed by atoms with Gasteiger partial charge in [0, 0.05) is 6.07 Å². The fourth-order valence-electron chi connectivity index (χ4n) is 1.53. The van der Waals surface area contributed by atoms with E-state index < -0.39 is 12.1 Å². The van der Waals surface area contributed by atoms with Gasteiger partial charge in [-0.15, -0.1) is 0 Å². The fraction of sp³-hybridized carbons (Fsp3) is 0.417. The maximum atomic E-state index is 10.7. The van der Waals surface area contributed by atoms with Crippen LogP contribution in [0.1, 0.15) is 25.8 Å². The molecule has 0 saturated carbocycles. The molecule has 0 saturated heterocycles. The maximum absolute atomic E-state index is 10.7. The molecule has 1 aromatic rings. The third kappa shape index (κ3) is 2.66. The average Bonchev–Trinajstić information content (AvgIpc) is 2.30. The number of carbonyl (C=O) groups is 1. The number of benzene rings is 1. The summed E-state index contributed by atoms with van der Waals surface area (Å²) in [7, 11) is 0. The van der Waals surface area contributed by atoms with Crippen LogP contribution in [0.15, 0.2) is 18.2 Å². The van der Waals surface area contributed by atoms with E-state index in [0.29, 0.717) is 18.6 Å². The number of hydrogen-bond acceptors (Lipinski definition) is 3. The number of aromatic hydroxyl groups is 1. The quantitative estimate of drug-likeness (QED) is 0.767. The number of phenolic OH excluding ortho intramolecular Hbond substituents is 1. The second-order valence-corrected chi connectivity index (χ2v) is 3.28. The van der Waals surface area contributed by atoms with Crippen molar-refractivity contribution in [3.8, 4) is 11.5 Å². The van der Waals surface area contributed by atoms with E-state index in [2.05, 4.69) is 0 Å². The summed E-state index contributed by atoms with van der Waals surface area (Å²) < 4.78 is 5.21. The van der Waals surface area contributed by atoms with Crippen LogP contribution in [0.5, 0.6) is 11.5 Å². The second-order valence-electron chi connectivity index (χ2n) is 3.28. The van der Waals surface area contributed by atoms with Gasteiger partial charge >= 0.3 is 5.97 Å². The average molecular weight is 224 g/mol. The van der Waals surface area contributed by atoms with Crippen molar-refractivity contribution in [1.29, 1.82) is 0 Å². The minimum absolute atomic E-state index is 0.0924. The molecular formula is C12H16O4. The van der Waals surface area contributed by atoms with E-state index in [1.807, 2.05) is 13.8 Å². The zero-order chi connectivity index (χ0) is 12.1. The van der Waals surface area contributed by atoms with E-state index in [0.717, 1.165) is 5.56 Å². The Morgan fingerprint density at radius 3 is 2.75 bits per heavy atom. The molecule has 1 atom stereocenters. The lowest BCUT2D eigenvalue weighted by Gasteiger charge is -2.22. The molecule has 0 fully saturated rings. The normalized spacial score (nSPS) is 17.5. The van der Waals surface area contributed by atoms with Gasteiger partial charge in [-0.05, 0) is 24.5 Å². The molecule has 1 aliphatic rings. The molecule has 0 unspecified atom stereocenters. The number of carboxylic acids is 1. The number of ether oxygens (including phenoxy) is 1. The Hall–Kier alpha value is -1.71. The Morgan fingerprint density at radius 1 is 1.44 bits per heavy atom. The van der Waals surface area contributed by atoms with Crippen LogP contribution in [0, 0.1) is 0 Å². The monoisotopic (exact) mass is 224 g/mol. The summed E-state index contributed by atoms with van der Waals surface area (Å²) in [6, 6.07) is 4.77. The van der Waals surface area contributed by atoms with Gasteiger partial charge in [0.1, 0.15) is 11.5 Å². The molecule has 16 heavy (non-hydrogen) atoms. The molecule has 0 bridgehead atoms. The Kier molecular flexibility index (Phi) is 4.17. The predicted molar refractivity (Wildman–Crippen MR) is 59.8 cm³/mol. The predicted octanol–water partition coefficient (Wildman–Crippen LogP) is 2.20. The minimum atomic E-state index is -0.959. The maximum Gasteiger partial charge on any atom is 0.344 e. The van der Waals surface area contributed by atoms with Gasteiger partial charge in [-0.3, -0.25) is 0 Å². The molecular weight excluding hydrogens is 208 g/mol. The number of carboxylic acid groups (broad SMARTS) is 1.